The molecule has 0 bridgehead atoms. The van der Waals surface area contributed by atoms with Crippen molar-refractivity contribution in [1.29, 1.82) is 0 Å². The predicted octanol–water partition coefficient (Wildman–Crippen LogP) is 2.69. The van der Waals surface area contributed by atoms with E-state index in [-0.39, 0.29) is 6.04 Å². The first-order valence-corrected chi connectivity index (χ1v) is 6.07. The third-order valence-electron chi connectivity index (χ3n) is 3.82. The van der Waals surface area contributed by atoms with Crippen molar-refractivity contribution in [3.8, 4) is 0 Å². The molecule has 0 unspecified atom stereocenters. The van der Waals surface area contributed by atoms with Gasteiger partial charge in [-0.1, -0.05) is 30.3 Å². The van der Waals surface area contributed by atoms with E-state index in [0.717, 1.165) is 5.56 Å². The van der Waals surface area contributed by atoms with Gasteiger partial charge in [0.05, 0.1) is 6.04 Å². The average molecular weight is 249 g/mol. The molecule has 1 N–H and O–H groups in total. The molecule has 18 heavy (non-hydrogen) atoms. The van der Waals surface area contributed by atoms with Crippen LogP contribution in [0.5, 0.6) is 0 Å². The van der Waals surface area contributed by atoms with Crippen LogP contribution < -0.4 is 0 Å². The van der Waals surface area contributed by atoms with Crippen LogP contribution in [0.2, 0.25) is 0 Å². The maximum absolute atomic E-state index is 12.0. The Hall–Kier alpha value is -1.55. The number of cyclic esters (lactones) is 1. The molecule has 2 atom stereocenters. The SMILES string of the molecule is C[C@H](c1ccccc1)N1C(=O)OC(C)(C)[C@@]1(C)O. The summed E-state index contributed by atoms with van der Waals surface area (Å²) in [5, 5.41) is 10.6. The standard InChI is InChI=1S/C14H19NO3/c1-10(11-8-6-5-7-9-11)15-12(16)18-13(2,3)14(15,4)17/h5-10,17H,1-4H3/t10-,14-/m1/s1. The van der Waals surface area contributed by atoms with Crippen LogP contribution in [0.25, 0.3) is 0 Å². The van der Waals surface area contributed by atoms with Gasteiger partial charge in [0.2, 0.25) is 0 Å². The predicted molar refractivity (Wildman–Crippen MR) is 67.9 cm³/mol. The summed E-state index contributed by atoms with van der Waals surface area (Å²) < 4.78 is 5.26. The fraction of sp³-hybridized carbons (Fsp3) is 0.500. The summed E-state index contributed by atoms with van der Waals surface area (Å²) in [7, 11) is 0. The number of hydrogen-bond acceptors (Lipinski definition) is 3. The van der Waals surface area contributed by atoms with Gasteiger partial charge < -0.3 is 9.84 Å². The Morgan fingerprint density at radius 1 is 1.22 bits per heavy atom. The number of benzene rings is 1. The lowest BCUT2D eigenvalue weighted by atomic mass is 9.94. The molecule has 1 aromatic carbocycles. The summed E-state index contributed by atoms with van der Waals surface area (Å²) in [6.45, 7) is 6.91. The molecule has 1 aromatic rings. The van der Waals surface area contributed by atoms with E-state index in [2.05, 4.69) is 0 Å². The fourth-order valence-electron chi connectivity index (χ4n) is 2.25. The molecule has 0 radical (unpaired) electrons. The van der Waals surface area contributed by atoms with Gasteiger partial charge in [0.15, 0.2) is 11.3 Å². The summed E-state index contributed by atoms with van der Waals surface area (Å²) in [5.41, 5.74) is -1.29. The van der Waals surface area contributed by atoms with E-state index in [0.29, 0.717) is 0 Å². The van der Waals surface area contributed by atoms with E-state index in [9.17, 15) is 9.90 Å². The van der Waals surface area contributed by atoms with Crippen molar-refractivity contribution in [1.82, 2.24) is 4.90 Å². The van der Waals surface area contributed by atoms with Crippen molar-refractivity contribution in [2.45, 2.75) is 45.1 Å². The van der Waals surface area contributed by atoms with Gasteiger partial charge in [-0.25, -0.2) is 4.79 Å². The fourth-order valence-corrected chi connectivity index (χ4v) is 2.25. The highest BCUT2D eigenvalue weighted by Gasteiger charge is 2.58. The zero-order valence-electron chi connectivity index (χ0n) is 11.2. The van der Waals surface area contributed by atoms with Crippen LogP contribution in [0.3, 0.4) is 0 Å². The van der Waals surface area contributed by atoms with E-state index in [1.54, 1.807) is 20.8 Å². The number of amides is 1. The minimum Gasteiger partial charge on any atom is -0.438 e. The van der Waals surface area contributed by atoms with E-state index in [4.69, 9.17) is 4.74 Å². The first-order chi connectivity index (χ1) is 8.27. The second kappa shape index (κ2) is 3.99. The summed E-state index contributed by atoms with van der Waals surface area (Å²) in [5.74, 6) is 0. The first kappa shape index (κ1) is 12.9. The monoisotopic (exact) mass is 249 g/mol. The molecule has 1 heterocycles. The van der Waals surface area contributed by atoms with Crippen LogP contribution in [0.4, 0.5) is 4.79 Å². The molecular weight excluding hydrogens is 230 g/mol. The van der Waals surface area contributed by atoms with Gasteiger partial charge >= 0.3 is 6.09 Å². The van der Waals surface area contributed by atoms with Gasteiger partial charge in [0.25, 0.3) is 0 Å². The molecule has 0 spiro atoms. The Labute approximate surface area is 107 Å². The lowest BCUT2D eigenvalue weighted by Crippen LogP contribution is -2.54. The molecule has 0 saturated carbocycles. The molecule has 4 heteroatoms. The van der Waals surface area contributed by atoms with Crippen molar-refractivity contribution in [2.24, 2.45) is 0 Å². The van der Waals surface area contributed by atoms with Gasteiger partial charge in [-0.3, -0.25) is 4.90 Å². The van der Waals surface area contributed by atoms with Crippen LogP contribution in [0, 0.1) is 0 Å². The summed E-state index contributed by atoms with van der Waals surface area (Å²) in [6.07, 6.45) is -0.485. The van der Waals surface area contributed by atoms with E-state index in [1.165, 1.54) is 4.90 Å². The molecule has 1 fully saturated rings. The summed E-state index contributed by atoms with van der Waals surface area (Å²) in [6, 6.07) is 9.36. The highest BCUT2D eigenvalue weighted by molar-refractivity contribution is 5.72. The average Bonchev–Trinajstić information content (AvgIpc) is 2.44. The molecular formula is C14H19NO3. The largest absolute Gasteiger partial charge is 0.438 e. The van der Waals surface area contributed by atoms with Gasteiger partial charge in [-0.05, 0) is 33.3 Å². The molecule has 98 valence electrons. The topological polar surface area (TPSA) is 49.8 Å². The van der Waals surface area contributed by atoms with Crippen LogP contribution in [-0.4, -0.2) is 27.4 Å². The smallest absolute Gasteiger partial charge is 0.413 e. The zero-order chi connectivity index (χ0) is 13.6. The van der Waals surface area contributed by atoms with Crippen molar-refractivity contribution >= 4 is 6.09 Å². The number of aliphatic hydroxyl groups is 1. The summed E-state index contributed by atoms with van der Waals surface area (Å²) >= 11 is 0. The number of nitrogens with zero attached hydrogens (tertiary/aromatic N) is 1. The van der Waals surface area contributed by atoms with Gasteiger partial charge in [0.1, 0.15) is 0 Å². The summed E-state index contributed by atoms with van der Waals surface area (Å²) in [4.78, 5) is 13.4. The quantitative estimate of drug-likeness (QED) is 0.876. The van der Waals surface area contributed by atoms with Gasteiger partial charge in [-0.15, -0.1) is 0 Å². The number of carbonyl (C=O) groups excluding carboxylic acids is 1. The second-order valence-corrected chi connectivity index (χ2v) is 5.36. The molecule has 0 aliphatic carbocycles. The van der Waals surface area contributed by atoms with Gasteiger partial charge in [0, 0.05) is 0 Å². The zero-order valence-corrected chi connectivity index (χ0v) is 11.2. The van der Waals surface area contributed by atoms with Crippen LogP contribution in [0.15, 0.2) is 30.3 Å². The van der Waals surface area contributed by atoms with Crippen molar-refractivity contribution < 1.29 is 14.6 Å². The number of rotatable bonds is 2. The maximum atomic E-state index is 12.0. The van der Waals surface area contributed by atoms with Crippen molar-refractivity contribution in [2.75, 3.05) is 0 Å². The Kier molecular flexibility index (Phi) is 2.86. The molecule has 0 aromatic heterocycles. The third-order valence-corrected chi connectivity index (χ3v) is 3.82. The molecule has 4 nitrogen and oxygen atoms in total. The van der Waals surface area contributed by atoms with Gasteiger partial charge in [-0.2, -0.15) is 0 Å². The second-order valence-electron chi connectivity index (χ2n) is 5.36. The van der Waals surface area contributed by atoms with Crippen molar-refractivity contribution in [3.05, 3.63) is 35.9 Å². The Morgan fingerprint density at radius 3 is 2.22 bits per heavy atom. The minimum absolute atomic E-state index is 0.240. The highest BCUT2D eigenvalue weighted by atomic mass is 16.6. The highest BCUT2D eigenvalue weighted by Crippen LogP contribution is 2.41. The molecule has 1 saturated heterocycles. The van der Waals surface area contributed by atoms with E-state index in [1.807, 2.05) is 37.3 Å². The van der Waals surface area contributed by atoms with Crippen molar-refractivity contribution in [3.63, 3.8) is 0 Å². The maximum Gasteiger partial charge on any atom is 0.413 e. The van der Waals surface area contributed by atoms with Crippen LogP contribution in [0.1, 0.15) is 39.3 Å². The van der Waals surface area contributed by atoms with E-state index >= 15 is 0 Å². The van der Waals surface area contributed by atoms with Crippen LogP contribution >= 0.6 is 0 Å². The number of carbonyl (C=O) groups is 1. The lowest BCUT2D eigenvalue weighted by molar-refractivity contribution is -0.136. The minimum atomic E-state index is -1.33. The molecule has 1 aliphatic rings. The molecule has 1 amide bonds. The normalized spacial score (nSPS) is 28.1. The lowest BCUT2D eigenvalue weighted by Gasteiger charge is -2.38. The molecule has 1 aliphatic heterocycles. The Morgan fingerprint density at radius 2 is 1.78 bits per heavy atom. The van der Waals surface area contributed by atoms with Crippen LogP contribution in [-0.2, 0) is 4.74 Å². The molecule has 2 rings (SSSR count). The first-order valence-electron chi connectivity index (χ1n) is 6.07. The Bertz CT molecular complexity index is 453. The third kappa shape index (κ3) is 1.77. The number of ether oxygens (including phenoxy) is 1. The Balaban J connectivity index is 2.37. The number of hydrogen-bond donors (Lipinski definition) is 1. The van der Waals surface area contributed by atoms with E-state index < -0.39 is 17.4 Å².